The van der Waals surface area contributed by atoms with Crippen LogP contribution in [0.4, 0.5) is 15.8 Å². The third kappa shape index (κ3) is 2.62. The van der Waals surface area contributed by atoms with E-state index in [1.165, 1.54) is 23.4 Å². The summed E-state index contributed by atoms with van der Waals surface area (Å²) in [5.74, 6) is -0.174. The highest BCUT2D eigenvalue weighted by atomic mass is 19.1. The number of hydrogen-bond donors (Lipinski definition) is 0. The number of hydrogen-bond acceptors (Lipinski definition) is 2. The maximum Gasteiger partial charge on any atom is 0.123 e. The quantitative estimate of drug-likeness (QED) is 0.824. The van der Waals surface area contributed by atoms with Crippen molar-refractivity contribution >= 4 is 11.4 Å². The summed E-state index contributed by atoms with van der Waals surface area (Å²) in [5.41, 5.74) is 3.75. The molecule has 3 heteroatoms. The monoisotopic (exact) mass is 270 g/mol. The van der Waals surface area contributed by atoms with E-state index in [9.17, 15) is 4.39 Å². The van der Waals surface area contributed by atoms with Crippen LogP contribution < -0.4 is 9.80 Å². The van der Waals surface area contributed by atoms with Crippen LogP contribution in [0.5, 0.6) is 0 Å². The molecule has 1 fully saturated rings. The molecular weight excluding hydrogens is 251 g/mol. The van der Waals surface area contributed by atoms with Crippen LogP contribution >= 0.6 is 0 Å². The fourth-order valence-corrected chi connectivity index (χ4v) is 2.78. The summed E-state index contributed by atoms with van der Waals surface area (Å²) < 4.78 is 13.0. The molecule has 1 heterocycles. The molecule has 1 aliphatic rings. The molecule has 0 unspecified atom stereocenters. The molecule has 0 bridgehead atoms. The second-order valence-corrected chi connectivity index (χ2v) is 5.24. The minimum atomic E-state index is -0.174. The third-order valence-electron chi connectivity index (χ3n) is 3.93. The van der Waals surface area contributed by atoms with Crippen molar-refractivity contribution < 1.29 is 4.39 Å². The van der Waals surface area contributed by atoms with Gasteiger partial charge in [-0.1, -0.05) is 18.2 Å². The van der Waals surface area contributed by atoms with Gasteiger partial charge in [-0.25, -0.2) is 4.39 Å². The van der Waals surface area contributed by atoms with Crippen molar-refractivity contribution in [1.82, 2.24) is 0 Å². The molecule has 1 aliphatic heterocycles. The van der Waals surface area contributed by atoms with Crippen molar-refractivity contribution in [3.8, 4) is 0 Å². The molecule has 0 saturated carbocycles. The van der Waals surface area contributed by atoms with E-state index in [4.69, 9.17) is 0 Å². The van der Waals surface area contributed by atoms with Gasteiger partial charge in [-0.15, -0.1) is 0 Å². The van der Waals surface area contributed by atoms with Crippen LogP contribution in [0, 0.1) is 12.7 Å². The first-order valence-electron chi connectivity index (χ1n) is 7.05. The Labute approximate surface area is 119 Å². The standard InChI is InChI=1S/C17H19FN2/c1-14-4-2-3-5-17(14)20-12-10-19(11-13-20)16-8-6-15(18)7-9-16/h2-9H,10-13H2,1H3. The first kappa shape index (κ1) is 13.0. The van der Waals surface area contributed by atoms with Gasteiger partial charge >= 0.3 is 0 Å². The van der Waals surface area contributed by atoms with Crippen molar-refractivity contribution in [3.05, 3.63) is 59.9 Å². The number of halogens is 1. The second kappa shape index (κ2) is 5.53. The van der Waals surface area contributed by atoms with Crippen LogP contribution in [0.1, 0.15) is 5.56 Å². The third-order valence-corrected chi connectivity index (χ3v) is 3.93. The Bertz CT molecular complexity index is 572. The lowest BCUT2D eigenvalue weighted by molar-refractivity contribution is 0.624. The Morgan fingerprint density at radius 3 is 2.05 bits per heavy atom. The highest BCUT2D eigenvalue weighted by molar-refractivity contribution is 5.55. The van der Waals surface area contributed by atoms with E-state index in [1.54, 1.807) is 0 Å². The fraction of sp³-hybridized carbons (Fsp3) is 0.294. The summed E-state index contributed by atoms with van der Waals surface area (Å²) in [6, 6.07) is 15.3. The summed E-state index contributed by atoms with van der Waals surface area (Å²) in [6.45, 7) is 6.10. The molecule has 2 nitrogen and oxygen atoms in total. The first-order valence-corrected chi connectivity index (χ1v) is 7.05. The van der Waals surface area contributed by atoms with Gasteiger partial charge in [0.05, 0.1) is 0 Å². The molecule has 0 amide bonds. The van der Waals surface area contributed by atoms with Crippen LogP contribution in [-0.2, 0) is 0 Å². The molecular formula is C17H19FN2. The van der Waals surface area contributed by atoms with Crippen molar-refractivity contribution in [3.63, 3.8) is 0 Å². The van der Waals surface area contributed by atoms with Gasteiger partial charge in [-0.05, 0) is 42.8 Å². The van der Waals surface area contributed by atoms with Gasteiger partial charge in [0.1, 0.15) is 5.82 Å². The SMILES string of the molecule is Cc1ccccc1N1CCN(c2ccc(F)cc2)CC1. The van der Waals surface area contributed by atoms with Gasteiger partial charge in [-0.3, -0.25) is 0 Å². The topological polar surface area (TPSA) is 6.48 Å². The maximum atomic E-state index is 13.0. The van der Waals surface area contributed by atoms with E-state index < -0.39 is 0 Å². The van der Waals surface area contributed by atoms with Gasteiger partial charge < -0.3 is 9.80 Å². The van der Waals surface area contributed by atoms with Crippen molar-refractivity contribution in [2.75, 3.05) is 36.0 Å². The van der Waals surface area contributed by atoms with Crippen LogP contribution in [0.25, 0.3) is 0 Å². The first-order chi connectivity index (χ1) is 9.74. The summed E-state index contributed by atoms with van der Waals surface area (Å²) in [6.07, 6.45) is 0. The van der Waals surface area contributed by atoms with Gasteiger partial charge in [0.25, 0.3) is 0 Å². The van der Waals surface area contributed by atoms with Crippen molar-refractivity contribution in [2.24, 2.45) is 0 Å². The molecule has 104 valence electrons. The molecule has 2 aromatic rings. The molecule has 0 aliphatic carbocycles. The van der Waals surface area contributed by atoms with E-state index in [1.807, 2.05) is 12.1 Å². The van der Waals surface area contributed by atoms with Gasteiger partial charge in [0.2, 0.25) is 0 Å². The normalized spacial score (nSPS) is 15.5. The van der Waals surface area contributed by atoms with Crippen LogP contribution in [0.15, 0.2) is 48.5 Å². The predicted molar refractivity (Wildman–Crippen MR) is 82.0 cm³/mol. The number of rotatable bonds is 2. The number of benzene rings is 2. The average molecular weight is 270 g/mol. The molecule has 0 N–H and O–H groups in total. The Kier molecular flexibility index (Phi) is 3.59. The minimum absolute atomic E-state index is 0.174. The molecule has 0 atom stereocenters. The Morgan fingerprint density at radius 1 is 0.800 bits per heavy atom. The second-order valence-electron chi connectivity index (χ2n) is 5.24. The summed E-state index contributed by atoms with van der Waals surface area (Å²) in [5, 5.41) is 0. The van der Waals surface area contributed by atoms with Crippen LogP contribution in [0.2, 0.25) is 0 Å². The molecule has 0 radical (unpaired) electrons. The lowest BCUT2D eigenvalue weighted by atomic mass is 10.1. The zero-order chi connectivity index (χ0) is 13.9. The molecule has 0 spiro atoms. The van der Waals surface area contributed by atoms with Crippen LogP contribution in [-0.4, -0.2) is 26.2 Å². The summed E-state index contributed by atoms with van der Waals surface area (Å²) in [7, 11) is 0. The average Bonchev–Trinajstić information content (AvgIpc) is 2.49. The number of nitrogens with zero attached hydrogens (tertiary/aromatic N) is 2. The molecule has 3 rings (SSSR count). The zero-order valence-corrected chi connectivity index (χ0v) is 11.7. The summed E-state index contributed by atoms with van der Waals surface area (Å²) in [4.78, 5) is 4.74. The fourth-order valence-electron chi connectivity index (χ4n) is 2.78. The van der Waals surface area contributed by atoms with E-state index in [-0.39, 0.29) is 5.82 Å². The number of anilines is 2. The predicted octanol–water partition coefficient (Wildman–Crippen LogP) is 3.46. The minimum Gasteiger partial charge on any atom is -0.368 e. The molecule has 0 aromatic heterocycles. The molecule has 1 saturated heterocycles. The van der Waals surface area contributed by atoms with Gasteiger partial charge in [0, 0.05) is 37.6 Å². The zero-order valence-electron chi connectivity index (χ0n) is 11.7. The molecule has 20 heavy (non-hydrogen) atoms. The Hall–Kier alpha value is -2.03. The highest BCUT2D eigenvalue weighted by Gasteiger charge is 2.18. The van der Waals surface area contributed by atoms with E-state index in [0.29, 0.717) is 0 Å². The van der Waals surface area contributed by atoms with Crippen molar-refractivity contribution in [2.45, 2.75) is 6.92 Å². The van der Waals surface area contributed by atoms with E-state index >= 15 is 0 Å². The van der Waals surface area contributed by atoms with Gasteiger partial charge in [-0.2, -0.15) is 0 Å². The lowest BCUT2D eigenvalue weighted by Crippen LogP contribution is -2.46. The highest BCUT2D eigenvalue weighted by Crippen LogP contribution is 2.23. The van der Waals surface area contributed by atoms with Crippen LogP contribution in [0.3, 0.4) is 0 Å². The lowest BCUT2D eigenvalue weighted by Gasteiger charge is -2.38. The Balaban J connectivity index is 1.68. The van der Waals surface area contributed by atoms with Gasteiger partial charge in [0.15, 0.2) is 0 Å². The smallest absolute Gasteiger partial charge is 0.123 e. The van der Waals surface area contributed by atoms with E-state index in [0.717, 1.165) is 31.9 Å². The number of aryl methyl sites for hydroxylation is 1. The number of piperazine rings is 1. The number of para-hydroxylation sites is 1. The van der Waals surface area contributed by atoms with E-state index in [2.05, 4.69) is 41.0 Å². The maximum absolute atomic E-state index is 13.0. The summed E-state index contributed by atoms with van der Waals surface area (Å²) >= 11 is 0. The van der Waals surface area contributed by atoms with Crippen molar-refractivity contribution in [1.29, 1.82) is 0 Å². The Morgan fingerprint density at radius 2 is 1.40 bits per heavy atom. The molecule has 2 aromatic carbocycles. The largest absolute Gasteiger partial charge is 0.368 e.